The lowest BCUT2D eigenvalue weighted by molar-refractivity contribution is -0.133. The van der Waals surface area contributed by atoms with Crippen LogP contribution in [-0.2, 0) is 11.2 Å². The summed E-state index contributed by atoms with van der Waals surface area (Å²) in [5.41, 5.74) is 1.74. The lowest BCUT2D eigenvalue weighted by atomic mass is 10.00. The highest BCUT2D eigenvalue weighted by Gasteiger charge is 2.38. The Hall–Kier alpha value is -2.11. The number of rotatable bonds is 3. The lowest BCUT2D eigenvalue weighted by Gasteiger charge is -2.25. The fourth-order valence-electron chi connectivity index (χ4n) is 3.94. The Balaban J connectivity index is 1.43. The molecule has 1 aromatic rings. The van der Waals surface area contributed by atoms with Gasteiger partial charge in [0.25, 0.3) is 5.91 Å². The van der Waals surface area contributed by atoms with Gasteiger partial charge in [-0.25, -0.2) is 4.98 Å². The van der Waals surface area contributed by atoms with Crippen LogP contribution in [-0.4, -0.2) is 58.3 Å². The molecule has 0 unspecified atom stereocenters. The third kappa shape index (κ3) is 3.10. The summed E-state index contributed by atoms with van der Waals surface area (Å²) in [4.78, 5) is 33.2. The van der Waals surface area contributed by atoms with Crippen molar-refractivity contribution in [3.8, 4) is 0 Å². The van der Waals surface area contributed by atoms with E-state index >= 15 is 0 Å². The number of pyridine rings is 1. The van der Waals surface area contributed by atoms with Crippen LogP contribution in [0.4, 0.5) is 5.82 Å². The number of likely N-dealkylation sites (tertiary alicyclic amines) is 1. The summed E-state index contributed by atoms with van der Waals surface area (Å²) in [6.07, 6.45) is 5.43. The predicted molar refractivity (Wildman–Crippen MR) is 95.4 cm³/mol. The van der Waals surface area contributed by atoms with Crippen LogP contribution in [0.5, 0.6) is 0 Å². The van der Waals surface area contributed by atoms with Crippen molar-refractivity contribution in [1.82, 2.24) is 14.8 Å². The van der Waals surface area contributed by atoms with Crippen molar-refractivity contribution in [1.29, 1.82) is 0 Å². The quantitative estimate of drug-likeness (QED) is 0.911. The number of amides is 2. The highest BCUT2D eigenvalue weighted by atomic mass is 16.2. The van der Waals surface area contributed by atoms with E-state index in [4.69, 9.17) is 0 Å². The van der Waals surface area contributed by atoms with Gasteiger partial charge >= 0.3 is 0 Å². The Morgan fingerprint density at radius 3 is 2.80 bits per heavy atom. The molecule has 1 aromatic heterocycles. The molecular formula is C19H26N4O2. The summed E-state index contributed by atoms with van der Waals surface area (Å²) >= 11 is 0. The van der Waals surface area contributed by atoms with E-state index in [1.807, 2.05) is 22.9 Å². The molecule has 6 nitrogen and oxygen atoms in total. The maximum absolute atomic E-state index is 12.9. The van der Waals surface area contributed by atoms with E-state index in [1.165, 1.54) is 0 Å². The van der Waals surface area contributed by atoms with Crippen LogP contribution in [0.15, 0.2) is 12.3 Å². The molecule has 1 saturated carbocycles. The Morgan fingerprint density at radius 1 is 1.32 bits per heavy atom. The molecule has 3 heterocycles. The van der Waals surface area contributed by atoms with E-state index in [1.54, 1.807) is 6.20 Å². The first-order chi connectivity index (χ1) is 11.8. The van der Waals surface area contributed by atoms with E-state index in [-0.39, 0.29) is 29.3 Å². The highest BCUT2D eigenvalue weighted by Crippen LogP contribution is 2.33. The van der Waals surface area contributed by atoms with Crippen molar-refractivity contribution in [3.05, 3.63) is 23.4 Å². The Bertz CT molecular complexity index is 726. The van der Waals surface area contributed by atoms with Crippen molar-refractivity contribution < 1.29 is 9.59 Å². The molecule has 1 atom stereocenters. The summed E-state index contributed by atoms with van der Waals surface area (Å²) in [6, 6.07) is 2.11. The minimum Gasteiger partial charge on any atom is -0.365 e. The number of anilines is 1. The molecule has 1 aliphatic carbocycles. The smallest absolute Gasteiger partial charge is 0.255 e. The second-order valence-electron chi connectivity index (χ2n) is 8.33. The molecule has 2 aliphatic heterocycles. The minimum atomic E-state index is -0.0123. The van der Waals surface area contributed by atoms with Crippen LogP contribution in [0.25, 0.3) is 0 Å². The Labute approximate surface area is 148 Å². The SMILES string of the molecule is CN(C(=O)C1CC1)[C@H]1CCN(C(=O)c2cnc3c(c2)CC(C)(C)N3)C1. The summed E-state index contributed by atoms with van der Waals surface area (Å²) in [5.74, 6) is 1.38. The molecular weight excluding hydrogens is 316 g/mol. The number of hydrogen-bond donors (Lipinski definition) is 1. The number of nitrogens with zero attached hydrogens (tertiary/aromatic N) is 3. The summed E-state index contributed by atoms with van der Waals surface area (Å²) in [7, 11) is 1.88. The van der Waals surface area contributed by atoms with Crippen molar-refractivity contribution in [3.63, 3.8) is 0 Å². The molecule has 0 aromatic carbocycles. The second kappa shape index (κ2) is 5.71. The van der Waals surface area contributed by atoms with Gasteiger partial charge in [-0.1, -0.05) is 0 Å². The Kier molecular flexibility index (Phi) is 3.74. The van der Waals surface area contributed by atoms with Gasteiger partial charge in [0.2, 0.25) is 5.91 Å². The summed E-state index contributed by atoms with van der Waals surface area (Å²) < 4.78 is 0. The monoisotopic (exact) mass is 342 g/mol. The molecule has 2 amide bonds. The predicted octanol–water partition coefficient (Wildman–Crippen LogP) is 1.91. The van der Waals surface area contributed by atoms with Gasteiger partial charge in [-0.15, -0.1) is 0 Å². The zero-order chi connectivity index (χ0) is 17.8. The van der Waals surface area contributed by atoms with Gasteiger partial charge in [0.05, 0.1) is 11.6 Å². The van der Waals surface area contributed by atoms with Gasteiger partial charge < -0.3 is 15.1 Å². The first-order valence-electron chi connectivity index (χ1n) is 9.17. The molecule has 25 heavy (non-hydrogen) atoms. The molecule has 4 rings (SSSR count). The zero-order valence-electron chi connectivity index (χ0n) is 15.2. The molecule has 3 aliphatic rings. The van der Waals surface area contributed by atoms with Crippen LogP contribution >= 0.6 is 0 Å². The van der Waals surface area contributed by atoms with E-state index in [2.05, 4.69) is 24.1 Å². The van der Waals surface area contributed by atoms with Crippen LogP contribution in [0.2, 0.25) is 0 Å². The maximum Gasteiger partial charge on any atom is 0.255 e. The molecule has 0 bridgehead atoms. The first-order valence-corrected chi connectivity index (χ1v) is 9.17. The van der Waals surface area contributed by atoms with E-state index in [9.17, 15) is 9.59 Å². The van der Waals surface area contributed by atoms with Crippen LogP contribution in [0.1, 0.15) is 49.0 Å². The maximum atomic E-state index is 12.9. The molecule has 134 valence electrons. The summed E-state index contributed by atoms with van der Waals surface area (Å²) in [5, 5.41) is 3.38. The van der Waals surface area contributed by atoms with E-state index in [0.717, 1.165) is 37.1 Å². The number of carbonyl (C=O) groups excluding carboxylic acids is 2. The molecule has 1 N–H and O–H groups in total. The average molecular weight is 342 g/mol. The van der Waals surface area contributed by atoms with Crippen LogP contribution in [0, 0.1) is 5.92 Å². The molecule has 6 heteroatoms. The van der Waals surface area contributed by atoms with Crippen molar-refractivity contribution >= 4 is 17.6 Å². The molecule has 2 fully saturated rings. The van der Waals surface area contributed by atoms with Crippen molar-refractivity contribution in [2.45, 2.75) is 51.1 Å². The number of fused-ring (bicyclic) bond motifs is 1. The molecule has 0 radical (unpaired) electrons. The third-order valence-electron chi connectivity index (χ3n) is 5.58. The standard InChI is InChI=1S/C19H26N4O2/c1-19(2)9-13-8-14(10-20-16(13)21-19)18(25)23-7-6-15(11-23)22(3)17(24)12-4-5-12/h8,10,12,15H,4-7,9,11H2,1-3H3,(H,20,21)/t15-/m0/s1. The third-order valence-corrected chi connectivity index (χ3v) is 5.58. The summed E-state index contributed by atoms with van der Waals surface area (Å²) in [6.45, 7) is 5.59. The highest BCUT2D eigenvalue weighted by molar-refractivity contribution is 5.95. The van der Waals surface area contributed by atoms with E-state index in [0.29, 0.717) is 18.7 Å². The van der Waals surface area contributed by atoms with Gasteiger partial charge in [0.15, 0.2) is 0 Å². The van der Waals surface area contributed by atoms with Gasteiger partial charge in [0, 0.05) is 37.8 Å². The number of likely N-dealkylation sites (N-methyl/N-ethyl adjacent to an activating group) is 1. The average Bonchev–Trinajstić information content (AvgIpc) is 3.21. The molecule has 1 saturated heterocycles. The topological polar surface area (TPSA) is 65.5 Å². The van der Waals surface area contributed by atoms with Crippen LogP contribution < -0.4 is 5.32 Å². The van der Waals surface area contributed by atoms with Gasteiger partial charge in [-0.05, 0) is 51.2 Å². The van der Waals surface area contributed by atoms with Gasteiger partial charge in [-0.3, -0.25) is 9.59 Å². The number of hydrogen-bond acceptors (Lipinski definition) is 4. The fourth-order valence-corrected chi connectivity index (χ4v) is 3.94. The fraction of sp³-hybridized carbons (Fsp3) is 0.632. The minimum absolute atomic E-state index is 0.0123. The van der Waals surface area contributed by atoms with E-state index < -0.39 is 0 Å². The number of aromatic nitrogens is 1. The number of carbonyl (C=O) groups is 2. The Morgan fingerprint density at radius 2 is 2.08 bits per heavy atom. The molecule has 0 spiro atoms. The van der Waals surface area contributed by atoms with Crippen molar-refractivity contribution in [2.24, 2.45) is 5.92 Å². The number of nitrogens with one attached hydrogen (secondary N) is 1. The lowest BCUT2D eigenvalue weighted by Crippen LogP contribution is -2.40. The first kappa shape index (κ1) is 16.4. The largest absolute Gasteiger partial charge is 0.365 e. The van der Waals surface area contributed by atoms with Crippen molar-refractivity contribution in [2.75, 3.05) is 25.5 Å². The van der Waals surface area contributed by atoms with Gasteiger partial charge in [0.1, 0.15) is 5.82 Å². The zero-order valence-corrected chi connectivity index (χ0v) is 15.2. The van der Waals surface area contributed by atoms with Crippen LogP contribution in [0.3, 0.4) is 0 Å². The second-order valence-corrected chi connectivity index (χ2v) is 8.33. The van der Waals surface area contributed by atoms with Gasteiger partial charge in [-0.2, -0.15) is 0 Å². The normalized spacial score (nSPS) is 24.0.